The minimum Gasteiger partial charge on any atom is -0.346 e. The van der Waals surface area contributed by atoms with Crippen LogP contribution in [0.4, 0.5) is 0 Å². The first-order valence-corrected chi connectivity index (χ1v) is 11.0. The van der Waals surface area contributed by atoms with Crippen molar-refractivity contribution in [2.75, 3.05) is 0 Å². The molecule has 158 valence electrons. The van der Waals surface area contributed by atoms with Crippen LogP contribution in [0.3, 0.4) is 0 Å². The molecule has 0 unspecified atom stereocenters. The van der Waals surface area contributed by atoms with Crippen LogP contribution < -0.4 is 5.32 Å². The number of hydrogen-bond donors (Lipinski definition) is 1. The van der Waals surface area contributed by atoms with Crippen molar-refractivity contribution in [1.82, 2.24) is 30.0 Å². The predicted molar refractivity (Wildman–Crippen MR) is 119 cm³/mol. The van der Waals surface area contributed by atoms with Crippen molar-refractivity contribution in [3.8, 4) is 17.2 Å². The second-order valence-corrected chi connectivity index (χ2v) is 8.33. The summed E-state index contributed by atoms with van der Waals surface area (Å²) in [6.07, 6.45) is 9.29. The Labute approximate surface area is 185 Å². The van der Waals surface area contributed by atoms with Crippen molar-refractivity contribution in [2.45, 2.75) is 38.1 Å². The Morgan fingerprint density at radius 1 is 1.00 bits per heavy atom. The molecule has 0 aliphatic heterocycles. The molecule has 7 nitrogen and oxygen atoms in total. The van der Waals surface area contributed by atoms with Crippen LogP contribution >= 0.6 is 0 Å². The summed E-state index contributed by atoms with van der Waals surface area (Å²) in [4.78, 5) is 26.8. The Kier molecular flexibility index (Phi) is 4.52. The molecular weight excluding hydrogens is 400 g/mol. The van der Waals surface area contributed by atoms with E-state index in [0.29, 0.717) is 24.0 Å². The summed E-state index contributed by atoms with van der Waals surface area (Å²) in [5.41, 5.74) is 6.89. The van der Waals surface area contributed by atoms with Crippen molar-refractivity contribution in [2.24, 2.45) is 0 Å². The molecule has 2 aliphatic rings. The predicted octanol–water partition coefficient (Wildman–Crippen LogP) is 3.63. The molecule has 1 saturated carbocycles. The first-order chi connectivity index (χ1) is 15.8. The van der Waals surface area contributed by atoms with E-state index in [1.807, 2.05) is 30.5 Å². The van der Waals surface area contributed by atoms with Crippen molar-refractivity contribution >= 4 is 5.91 Å². The molecule has 3 aromatic heterocycles. The fourth-order valence-electron chi connectivity index (χ4n) is 4.36. The molecule has 7 heteroatoms. The van der Waals surface area contributed by atoms with Crippen LogP contribution in [0, 0.1) is 0 Å². The smallest absolute Gasteiger partial charge is 0.255 e. The summed E-state index contributed by atoms with van der Waals surface area (Å²) in [5.74, 6) is 0.679. The summed E-state index contributed by atoms with van der Waals surface area (Å²) in [6, 6.07) is 14.1. The number of carbonyl (C=O) groups excluding carboxylic acids is 1. The monoisotopic (exact) mass is 422 g/mol. The van der Waals surface area contributed by atoms with E-state index in [1.54, 1.807) is 17.1 Å². The zero-order valence-corrected chi connectivity index (χ0v) is 17.5. The number of aryl methyl sites for hydroxylation is 2. The number of benzene rings is 1. The number of pyridine rings is 1. The van der Waals surface area contributed by atoms with Gasteiger partial charge in [-0.1, -0.05) is 30.3 Å². The molecule has 4 aromatic rings. The summed E-state index contributed by atoms with van der Waals surface area (Å²) in [5, 5.41) is 7.51. The molecule has 3 heterocycles. The lowest BCUT2D eigenvalue weighted by molar-refractivity contribution is 0.0949. The molecule has 0 saturated heterocycles. The van der Waals surface area contributed by atoms with Gasteiger partial charge >= 0.3 is 0 Å². The molecule has 1 aromatic carbocycles. The number of rotatable bonds is 5. The average Bonchev–Trinajstić information content (AvgIpc) is 3.60. The largest absolute Gasteiger partial charge is 0.346 e. The van der Waals surface area contributed by atoms with Crippen LogP contribution in [0.5, 0.6) is 0 Å². The van der Waals surface area contributed by atoms with Crippen molar-refractivity contribution in [3.05, 3.63) is 89.1 Å². The lowest BCUT2D eigenvalue weighted by Crippen LogP contribution is -2.24. The first-order valence-electron chi connectivity index (χ1n) is 11.0. The molecule has 0 spiro atoms. The number of nitrogens with one attached hydrogen (secondary N) is 1. The van der Waals surface area contributed by atoms with Crippen LogP contribution in [0.15, 0.2) is 61.1 Å². The SMILES string of the molecule is O=C(NCc1ccccn1)c1cnn(-c2ncc3c(n2)-c2ccccc2CC3)c1C1CC1. The topological polar surface area (TPSA) is 85.6 Å². The van der Waals surface area contributed by atoms with Gasteiger partial charge in [0.2, 0.25) is 0 Å². The molecule has 1 fully saturated rings. The first kappa shape index (κ1) is 18.9. The van der Waals surface area contributed by atoms with E-state index in [2.05, 4.69) is 38.6 Å². The highest BCUT2D eigenvalue weighted by atomic mass is 16.1. The van der Waals surface area contributed by atoms with Gasteiger partial charge in [0.1, 0.15) is 0 Å². The van der Waals surface area contributed by atoms with Gasteiger partial charge in [-0.25, -0.2) is 14.6 Å². The normalized spacial score (nSPS) is 14.5. The lowest BCUT2D eigenvalue weighted by Gasteiger charge is -2.19. The molecule has 32 heavy (non-hydrogen) atoms. The molecule has 6 rings (SSSR count). The van der Waals surface area contributed by atoms with E-state index in [0.717, 1.165) is 53.9 Å². The number of fused-ring (bicyclic) bond motifs is 3. The third-order valence-electron chi connectivity index (χ3n) is 6.15. The third-order valence-corrected chi connectivity index (χ3v) is 6.15. The third kappa shape index (κ3) is 3.36. The van der Waals surface area contributed by atoms with Crippen molar-refractivity contribution in [3.63, 3.8) is 0 Å². The maximum Gasteiger partial charge on any atom is 0.255 e. The minimum atomic E-state index is -0.146. The van der Waals surface area contributed by atoms with Crippen LogP contribution in [0.25, 0.3) is 17.2 Å². The number of amides is 1. The fraction of sp³-hybridized carbons (Fsp3) is 0.240. The number of aromatic nitrogens is 5. The molecule has 1 N–H and O–H groups in total. The van der Waals surface area contributed by atoms with Gasteiger partial charge in [-0.15, -0.1) is 0 Å². The fourth-order valence-corrected chi connectivity index (χ4v) is 4.36. The number of carbonyl (C=O) groups is 1. The Morgan fingerprint density at radius 3 is 2.69 bits per heavy atom. The maximum absolute atomic E-state index is 13.0. The Hall–Kier alpha value is -3.87. The zero-order valence-electron chi connectivity index (χ0n) is 17.5. The summed E-state index contributed by atoms with van der Waals surface area (Å²) in [6.45, 7) is 0.376. The van der Waals surface area contributed by atoms with Crippen LogP contribution in [-0.4, -0.2) is 30.6 Å². The molecular formula is C25H22N6O. The van der Waals surface area contributed by atoms with Gasteiger partial charge in [0, 0.05) is 23.9 Å². The minimum absolute atomic E-state index is 0.146. The highest BCUT2D eigenvalue weighted by Crippen LogP contribution is 2.42. The van der Waals surface area contributed by atoms with Crippen molar-refractivity contribution in [1.29, 1.82) is 0 Å². The molecule has 0 radical (unpaired) electrons. The molecule has 1 amide bonds. The Balaban J connectivity index is 1.34. The quantitative estimate of drug-likeness (QED) is 0.531. The summed E-state index contributed by atoms with van der Waals surface area (Å²) in [7, 11) is 0. The van der Waals surface area contributed by atoms with Crippen molar-refractivity contribution < 1.29 is 4.79 Å². The van der Waals surface area contributed by atoms with Gasteiger partial charge < -0.3 is 5.32 Å². The zero-order chi connectivity index (χ0) is 21.5. The van der Waals surface area contributed by atoms with E-state index in [9.17, 15) is 4.79 Å². The highest BCUT2D eigenvalue weighted by Gasteiger charge is 2.34. The summed E-state index contributed by atoms with van der Waals surface area (Å²) < 4.78 is 1.75. The van der Waals surface area contributed by atoms with Gasteiger partial charge in [-0.3, -0.25) is 9.78 Å². The lowest BCUT2D eigenvalue weighted by atomic mass is 9.90. The van der Waals surface area contributed by atoms with Gasteiger partial charge in [0.25, 0.3) is 11.9 Å². The van der Waals surface area contributed by atoms with Crippen LogP contribution in [0.1, 0.15) is 51.6 Å². The molecule has 0 bridgehead atoms. The van der Waals surface area contributed by atoms with Gasteiger partial charge in [0.05, 0.1) is 35.4 Å². The molecule has 0 atom stereocenters. The highest BCUT2D eigenvalue weighted by molar-refractivity contribution is 5.95. The Morgan fingerprint density at radius 2 is 1.84 bits per heavy atom. The van der Waals surface area contributed by atoms with E-state index in [-0.39, 0.29) is 5.91 Å². The second-order valence-electron chi connectivity index (χ2n) is 8.33. The van der Waals surface area contributed by atoms with Crippen LogP contribution in [0.2, 0.25) is 0 Å². The van der Waals surface area contributed by atoms with Crippen LogP contribution in [-0.2, 0) is 19.4 Å². The van der Waals surface area contributed by atoms with Gasteiger partial charge in [-0.05, 0) is 48.9 Å². The van der Waals surface area contributed by atoms with E-state index >= 15 is 0 Å². The number of nitrogens with zero attached hydrogens (tertiary/aromatic N) is 5. The van der Waals surface area contributed by atoms with Gasteiger partial charge in [-0.2, -0.15) is 5.10 Å². The second kappa shape index (κ2) is 7.67. The standard InChI is InChI=1S/C25H22N6O/c32-24(27-14-19-6-3-4-12-26-19)21-15-29-31(23(21)17-9-10-17)25-28-13-18-11-8-16-5-1-2-7-20(16)22(18)30-25/h1-7,12-13,15,17H,8-11,14H2,(H,27,32). The van der Waals surface area contributed by atoms with E-state index in [1.165, 1.54) is 5.56 Å². The number of hydrogen-bond acceptors (Lipinski definition) is 5. The maximum atomic E-state index is 13.0. The molecule has 2 aliphatic carbocycles. The average molecular weight is 422 g/mol. The summed E-state index contributed by atoms with van der Waals surface area (Å²) >= 11 is 0. The van der Waals surface area contributed by atoms with E-state index < -0.39 is 0 Å². The van der Waals surface area contributed by atoms with Gasteiger partial charge in [0.15, 0.2) is 0 Å². The van der Waals surface area contributed by atoms with E-state index in [4.69, 9.17) is 4.98 Å². The Bertz CT molecular complexity index is 1310.